The zero-order valence-electron chi connectivity index (χ0n) is 14.8. The van der Waals surface area contributed by atoms with Crippen molar-refractivity contribution < 1.29 is 9.53 Å². The molecule has 0 radical (unpaired) electrons. The van der Waals surface area contributed by atoms with Crippen molar-refractivity contribution in [1.29, 1.82) is 0 Å². The highest BCUT2D eigenvalue weighted by molar-refractivity contribution is 5.78. The van der Waals surface area contributed by atoms with E-state index >= 15 is 0 Å². The molecule has 0 atom stereocenters. The van der Waals surface area contributed by atoms with Crippen LogP contribution in [0, 0.1) is 0 Å². The fourth-order valence-corrected chi connectivity index (χ4v) is 2.99. The first-order valence-electron chi connectivity index (χ1n) is 9.00. The molecule has 1 heterocycles. The minimum atomic E-state index is 0.201. The first kappa shape index (κ1) is 18.7. The minimum Gasteiger partial charge on any atom is -0.383 e. The van der Waals surface area contributed by atoms with Gasteiger partial charge in [-0.25, -0.2) is 0 Å². The van der Waals surface area contributed by atoms with Gasteiger partial charge in [0.25, 0.3) is 0 Å². The number of carbonyl (C=O) groups is 1. The second-order valence-electron chi connectivity index (χ2n) is 6.34. The lowest BCUT2D eigenvalue weighted by atomic mass is 10.2. The summed E-state index contributed by atoms with van der Waals surface area (Å²) < 4.78 is 5.17. The third-order valence-electron chi connectivity index (χ3n) is 4.41. The molecular weight excluding hydrogens is 300 g/mol. The van der Waals surface area contributed by atoms with Crippen molar-refractivity contribution in [2.75, 3.05) is 46.4 Å². The Bertz CT molecular complexity index is 494. The molecule has 0 unspecified atom stereocenters. The fourth-order valence-electron chi connectivity index (χ4n) is 2.99. The highest BCUT2D eigenvalue weighted by Gasteiger charge is 2.17. The fraction of sp³-hybridized carbons (Fsp3) is 0.550. The van der Waals surface area contributed by atoms with Crippen molar-refractivity contribution in [2.45, 2.75) is 25.7 Å². The van der Waals surface area contributed by atoms with E-state index in [1.165, 1.54) is 25.7 Å². The van der Waals surface area contributed by atoms with Gasteiger partial charge in [-0.1, -0.05) is 55.3 Å². The highest BCUT2D eigenvalue weighted by Crippen LogP contribution is 2.10. The van der Waals surface area contributed by atoms with Gasteiger partial charge in [-0.2, -0.15) is 0 Å². The number of rotatable bonds is 8. The summed E-state index contributed by atoms with van der Waals surface area (Å²) in [6.07, 6.45) is 9.12. The van der Waals surface area contributed by atoms with Gasteiger partial charge in [-0.15, -0.1) is 0 Å². The van der Waals surface area contributed by atoms with E-state index in [1.807, 2.05) is 23.1 Å². The average molecular weight is 330 g/mol. The Morgan fingerprint density at radius 2 is 1.88 bits per heavy atom. The summed E-state index contributed by atoms with van der Waals surface area (Å²) in [5.74, 6) is 0.201. The number of ether oxygens (including phenoxy) is 1. The van der Waals surface area contributed by atoms with Crippen molar-refractivity contribution >= 4 is 12.0 Å². The number of methoxy groups -OCH3 is 1. The second-order valence-corrected chi connectivity index (χ2v) is 6.34. The lowest BCUT2D eigenvalue weighted by Crippen LogP contribution is -2.42. The molecule has 0 N–H and O–H groups in total. The number of amides is 1. The number of nitrogens with zero attached hydrogens (tertiary/aromatic N) is 2. The molecule has 4 nitrogen and oxygen atoms in total. The maximum absolute atomic E-state index is 12.7. The number of carbonyl (C=O) groups excluding carboxylic acids is 1. The summed E-state index contributed by atoms with van der Waals surface area (Å²) in [5, 5.41) is 0. The summed E-state index contributed by atoms with van der Waals surface area (Å²) in [7, 11) is 1.68. The molecule has 1 amide bonds. The van der Waals surface area contributed by atoms with E-state index in [4.69, 9.17) is 4.74 Å². The number of benzene rings is 1. The van der Waals surface area contributed by atoms with E-state index in [2.05, 4.69) is 29.2 Å². The number of likely N-dealkylation sites (tertiary alicyclic amines) is 1. The molecule has 4 heteroatoms. The number of hydrogen-bond donors (Lipinski definition) is 0. The molecule has 24 heavy (non-hydrogen) atoms. The maximum atomic E-state index is 12.7. The quantitative estimate of drug-likeness (QED) is 0.734. The van der Waals surface area contributed by atoms with E-state index in [-0.39, 0.29) is 5.91 Å². The largest absolute Gasteiger partial charge is 0.383 e. The minimum absolute atomic E-state index is 0.201. The Hall–Kier alpha value is -1.65. The van der Waals surface area contributed by atoms with Crippen molar-refractivity contribution in [3.8, 4) is 0 Å². The predicted molar refractivity (Wildman–Crippen MR) is 98.8 cm³/mol. The van der Waals surface area contributed by atoms with Gasteiger partial charge in [-0.05, 0) is 31.5 Å². The van der Waals surface area contributed by atoms with Crippen molar-refractivity contribution in [1.82, 2.24) is 9.80 Å². The third kappa shape index (κ3) is 6.85. The summed E-state index contributed by atoms with van der Waals surface area (Å²) >= 11 is 0. The molecule has 1 fully saturated rings. The molecule has 1 aromatic carbocycles. The second kappa shape index (κ2) is 11.0. The van der Waals surface area contributed by atoms with E-state index in [1.54, 1.807) is 7.11 Å². The molecule has 0 aliphatic carbocycles. The smallest absolute Gasteiger partial charge is 0.237 e. The summed E-state index contributed by atoms with van der Waals surface area (Å²) in [4.78, 5) is 16.9. The topological polar surface area (TPSA) is 32.8 Å². The molecular formula is C20H30N2O2. The molecule has 2 rings (SSSR count). The summed E-state index contributed by atoms with van der Waals surface area (Å²) in [6.45, 7) is 4.47. The van der Waals surface area contributed by atoms with Crippen molar-refractivity contribution in [3.63, 3.8) is 0 Å². The molecule has 132 valence electrons. The highest BCUT2D eigenvalue weighted by atomic mass is 16.5. The van der Waals surface area contributed by atoms with Crippen LogP contribution in [0.5, 0.6) is 0 Å². The van der Waals surface area contributed by atoms with Crippen LogP contribution in [0.1, 0.15) is 31.2 Å². The molecule has 0 bridgehead atoms. The number of hydrogen-bond acceptors (Lipinski definition) is 3. The van der Waals surface area contributed by atoms with Crippen LogP contribution in [0.15, 0.2) is 36.4 Å². The van der Waals surface area contributed by atoms with Crippen LogP contribution in [-0.4, -0.2) is 62.1 Å². The van der Waals surface area contributed by atoms with Crippen LogP contribution in [0.25, 0.3) is 6.08 Å². The molecule has 0 spiro atoms. The van der Waals surface area contributed by atoms with Crippen molar-refractivity contribution in [3.05, 3.63) is 42.0 Å². The standard InChI is InChI=1S/C20H30N2O2/c1-24-17-16-22(15-9-12-19-10-5-4-6-11-19)20(23)18-21-13-7-2-3-8-14-21/h4-6,9-12H,2-3,7-8,13-18H2,1H3/b12-9+. The first-order chi connectivity index (χ1) is 11.8. The molecule has 1 aliphatic heterocycles. The monoisotopic (exact) mass is 330 g/mol. The van der Waals surface area contributed by atoms with Crippen LogP contribution in [0.2, 0.25) is 0 Å². The lowest BCUT2D eigenvalue weighted by molar-refractivity contribution is -0.132. The SMILES string of the molecule is COCCN(C/C=C/c1ccccc1)C(=O)CN1CCCCCC1. The Morgan fingerprint density at radius 3 is 2.54 bits per heavy atom. The van der Waals surface area contributed by atoms with Crippen molar-refractivity contribution in [2.24, 2.45) is 0 Å². The molecule has 0 aromatic heterocycles. The Morgan fingerprint density at radius 1 is 1.17 bits per heavy atom. The van der Waals surface area contributed by atoms with Crippen LogP contribution in [-0.2, 0) is 9.53 Å². The van der Waals surface area contributed by atoms with Gasteiger partial charge in [0, 0.05) is 20.2 Å². The van der Waals surface area contributed by atoms with Crippen LogP contribution in [0.4, 0.5) is 0 Å². The van der Waals surface area contributed by atoms with Gasteiger partial charge in [0.2, 0.25) is 5.91 Å². The average Bonchev–Trinajstić information content (AvgIpc) is 2.87. The summed E-state index contributed by atoms with van der Waals surface area (Å²) in [5.41, 5.74) is 1.16. The van der Waals surface area contributed by atoms with Crippen LogP contribution < -0.4 is 0 Å². The van der Waals surface area contributed by atoms with E-state index < -0.39 is 0 Å². The van der Waals surface area contributed by atoms with E-state index in [0.717, 1.165) is 18.7 Å². The molecule has 1 aromatic rings. The first-order valence-corrected chi connectivity index (χ1v) is 9.00. The van der Waals surface area contributed by atoms with Gasteiger partial charge >= 0.3 is 0 Å². The lowest BCUT2D eigenvalue weighted by Gasteiger charge is -2.25. The Balaban J connectivity index is 1.88. The zero-order valence-corrected chi connectivity index (χ0v) is 14.8. The molecule has 1 aliphatic rings. The zero-order chi connectivity index (χ0) is 17.0. The van der Waals surface area contributed by atoms with Crippen LogP contribution in [0.3, 0.4) is 0 Å². The van der Waals surface area contributed by atoms with Gasteiger partial charge in [0.05, 0.1) is 13.2 Å². The van der Waals surface area contributed by atoms with Gasteiger partial charge < -0.3 is 9.64 Å². The van der Waals surface area contributed by atoms with Gasteiger partial charge in [0.1, 0.15) is 0 Å². The van der Waals surface area contributed by atoms with E-state index in [0.29, 0.717) is 26.2 Å². The molecule has 1 saturated heterocycles. The Kier molecular flexibility index (Phi) is 8.56. The van der Waals surface area contributed by atoms with Gasteiger partial charge in [0.15, 0.2) is 0 Å². The summed E-state index contributed by atoms with van der Waals surface area (Å²) in [6, 6.07) is 10.2. The van der Waals surface area contributed by atoms with Crippen LogP contribution >= 0.6 is 0 Å². The van der Waals surface area contributed by atoms with E-state index in [9.17, 15) is 4.79 Å². The normalized spacial score (nSPS) is 16.2. The molecule has 0 saturated carbocycles. The Labute approximate surface area is 146 Å². The third-order valence-corrected chi connectivity index (χ3v) is 4.41. The predicted octanol–water partition coefficient (Wildman–Crippen LogP) is 3.05. The van der Waals surface area contributed by atoms with Gasteiger partial charge in [-0.3, -0.25) is 9.69 Å². The maximum Gasteiger partial charge on any atom is 0.237 e.